The van der Waals surface area contributed by atoms with Crippen molar-refractivity contribution in [2.24, 2.45) is 11.7 Å². The van der Waals surface area contributed by atoms with Crippen LogP contribution in [0.4, 0.5) is 0 Å². The zero-order chi connectivity index (χ0) is 8.27. The summed E-state index contributed by atoms with van der Waals surface area (Å²) in [6.07, 6.45) is 1.01. The van der Waals surface area contributed by atoms with E-state index in [0.717, 1.165) is 18.0 Å². The lowest BCUT2D eigenvalue weighted by molar-refractivity contribution is 0.585. The molecule has 3 heteroatoms. The van der Waals surface area contributed by atoms with Crippen molar-refractivity contribution in [3.05, 3.63) is 16.1 Å². The summed E-state index contributed by atoms with van der Waals surface area (Å²) in [7, 11) is 0. The molecular formula is C8H14N2S. The Morgan fingerprint density at radius 3 is 2.91 bits per heavy atom. The highest BCUT2D eigenvalue weighted by Gasteiger charge is 2.03. The molecule has 1 atom stereocenters. The number of aryl methyl sites for hydroxylation is 1. The third-order valence-electron chi connectivity index (χ3n) is 1.63. The number of nitrogens with two attached hydrogens (primary N) is 1. The molecule has 62 valence electrons. The van der Waals surface area contributed by atoms with E-state index in [1.807, 2.05) is 6.92 Å². The van der Waals surface area contributed by atoms with Gasteiger partial charge in [-0.2, -0.15) is 0 Å². The van der Waals surface area contributed by atoms with Gasteiger partial charge in [0.15, 0.2) is 0 Å². The molecule has 0 aliphatic carbocycles. The van der Waals surface area contributed by atoms with E-state index in [2.05, 4.69) is 17.3 Å². The predicted octanol–water partition coefficient (Wildman–Crippen LogP) is 1.59. The van der Waals surface area contributed by atoms with Gasteiger partial charge in [0, 0.05) is 5.38 Å². The standard InChI is InChI=1S/C8H14N2S/c1-6(4-9)3-8-5-11-7(2)10-8/h5-6H,3-4,9H2,1-2H3. The van der Waals surface area contributed by atoms with Gasteiger partial charge >= 0.3 is 0 Å². The summed E-state index contributed by atoms with van der Waals surface area (Å²) in [4.78, 5) is 4.36. The van der Waals surface area contributed by atoms with Crippen molar-refractivity contribution < 1.29 is 0 Å². The topological polar surface area (TPSA) is 38.9 Å². The minimum absolute atomic E-state index is 0.552. The summed E-state index contributed by atoms with van der Waals surface area (Å²) < 4.78 is 0. The molecule has 0 aliphatic heterocycles. The lowest BCUT2D eigenvalue weighted by Crippen LogP contribution is -2.13. The summed E-state index contributed by atoms with van der Waals surface area (Å²) in [5.74, 6) is 0.552. The predicted molar refractivity (Wildman–Crippen MR) is 48.8 cm³/mol. The van der Waals surface area contributed by atoms with Gasteiger partial charge in [-0.25, -0.2) is 4.98 Å². The average Bonchev–Trinajstić information content (AvgIpc) is 2.35. The summed E-state index contributed by atoms with van der Waals surface area (Å²) >= 11 is 1.70. The van der Waals surface area contributed by atoms with Crippen LogP contribution in [-0.2, 0) is 6.42 Å². The van der Waals surface area contributed by atoms with Crippen molar-refractivity contribution in [3.63, 3.8) is 0 Å². The molecule has 2 nitrogen and oxygen atoms in total. The molecule has 0 fully saturated rings. The highest BCUT2D eigenvalue weighted by Crippen LogP contribution is 2.11. The van der Waals surface area contributed by atoms with E-state index >= 15 is 0 Å². The summed E-state index contributed by atoms with van der Waals surface area (Å²) in [6, 6.07) is 0. The maximum atomic E-state index is 5.50. The Labute approximate surface area is 71.5 Å². The molecule has 0 spiro atoms. The Kier molecular flexibility index (Phi) is 3.02. The number of thiazole rings is 1. The van der Waals surface area contributed by atoms with Gasteiger partial charge in [-0.15, -0.1) is 11.3 Å². The Bertz CT molecular complexity index is 220. The van der Waals surface area contributed by atoms with Crippen molar-refractivity contribution >= 4 is 11.3 Å². The first-order valence-corrected chi connectivity index (χ1v) is 4.71. The number of aromatic nitrogens is 1. The fourth-order valence-electron chi connectivity index (χ4n) is 0.942. The second kappa shape index (κ2) is 3.83. The van der Waals surface area contributed by atoms with E-state index in [1.165, 1.54) is 5.69 Å². The van der Waals surface area contributed by atoms with E-state index in [0.29, 0.717) is 5.92 Å². The number of hydrogen-bond donors (Lipinski definition) is 1. The van der Waals surface area contributed by atoms with Gasteiger partial charge in [0.1, 0.15) is 0 Å². The van der Waals surface area contributed by atoms with Crippen molar-refractivity contribution in [2.75, 3.05) is 6.54 Å². The maximum absolute atomic E-state index is 5.50. The highest BCUT2D eigenvalue weighted by molar-refractivity contribution is 7.09. The molecule has 0 radical (unpaired) electrons. The quantitative estimate of drug-likeness (QED) is 0.748. The molecule has 0 bridgehead atoms. The van der Waals surface area contributed by atoms with Crippen LogP contribution in [0.3, 0.4) is 0 Å². The molecule has 11 heavy (non-hydrogen) atoms. The normalized spacial score (nSPS) is 13.4. The monoisotopic (exact) mass is 170 g/mol. The summed E-state index contributed by atoms with van der Waals surface area (Å²) in [6.45, 7) is 4.92. The van der Waals surface area contributed by atoms with Crippen LogP contribution < -0.4 is 5.73 Å². The molecule has 1 rings (SSSR count). The van der Waals surface area contributed by atoms with E-state index in [1.54, 1.807) is 11.3 Å². The molecule has 0 amide bonds. The smallest absolute Gasteiger partial charge is 0.0897 e. The lowest BCUT2D eigenvalue weighted by Gasteiger charge is -2.03. The Balaban J connectivity index is 2.50. The van der Waals surface area contributed by atoms with E-state index in [-0.39, 0.29) is 0 Å². The molecule has 1 aromatic rings. The van der Waals surface area contributed by atoms with Crippen LogP contribution in [0.1, 0.15) is 17.6 Å². The number of rotatable bonds is 3. The SMILES string of the molecule is Cc1nc(CC(C)CN)cs1. The molecule has 0 saturated heterocycles. The minimum atomic E-state index is 0.552. The molecule has 0 aromatic carbocycles. The molecule has 1 aromatic heterocycles. The van der Waals surface area contributed by atoms with E-state index in [4.69, 9.17) is 5.73 Å². The van der Waals surface area contributed by atoms with Gasteiger partial charge in [-0.1, -0.05) is 6.92 Å². The van der Waals surface area contributed by atoms with Crippen molar-refractivity contribution in [2.45, 2.75) is 20.3 Å². The van der Waals surface area contributed by atoms with Crippen LogP contribution in [0.2, 0.25) is 0 Å². The first-order chi connectivity index (χ1) is 5.22. The van der Waals surface area contributed by atoms with Crippen LogP contribution >= 0.6 is 11.3 Å². The third kappa shape index (κ3) is 2.60. The van der Waals surface area contributed by atoms with Gasteiger partial charge in [0.05, 0.1) is 10.7 Å². The summed E-state index contributed by atoms with van der Waals surface area (Å²) in [5, 5.41) is 3.26. The van der Waals surface area contributed by atoms with Crippen LogP contribution in [0.5, 0.6) is 0 Å². The first-order valence-electron chi connectivity index (χ1n) is 3.83. The molecule has 0 aliphatic rings. The Morgan fingerprint density at radius 2 is 2.45 bits per heavy atom. The van der Waals surface area contributed by atoms with Crippen LogP contribution in [0.25, 0.3) is 0 Å². The first kappa shape index (κ1) is 8.68. The van der Waals surface area contributed by atoms with E-state index < -0.39 is 0 Å². The number of nitrogens with zero attached hydrogens (tertiary/aromatic N) is 1. The highest BCUT2D eigenvalue weighted by atomic mass is 32.1. The van der Waals surface area contributed by atoms with Crippen LogP contribution in [-0.4, -0.2) is 11.5 Å². The van der Waals surface area contributed by atoms with Gasteiger partial charge < -0.3 is 5.73 Å². The molecular weight excluding hydrogens is 156 g/mol. The number of hydrogen-bond acceptors (Lipinski definition) is 3. The van der Waals surface area contributed by atoms with Crippen molar-refractivity contribution in [1.29, 1.82) is 0 Å². The minimum Gasteiger partial charge on any atom is -0.330 e. The van der Waals surface area contributed by atoms with E-state index in [9.17, 15) is 0 Å². The van der Waals surface area contributed by atoms with Gasteiger partial charge in [0.25, 0.3) is 0 Å². The Morgan fingerprint density at radius 1 is 1.73 bits per heavy atom. The average molecular weight is 170 g/mol. The fourth-order valence-corrected chi connectivity index (χ4v) is 1.57. The zero-order valence-electron chi connectivity index (χ0n) is 7.00. The molecule has 0 saturated carbocycles. The Hall–Kier alpha value is -0.410. The third-order valence-corrected chi connectivity index (χ3v) is 2.45. The lowest BCUT2D eigenvalue weighted by atomic mass is 10.1. The van der Waals surface area contributed by atoms with Gasteiger partial charge in [0.2, 0.25) is 0 Å². The maximum Gasteiger partial charge on any atom is 0.0897 e. The van der Waals surface area contributed by atoms with Crippen molar-refractivity contribution in [3.8, 4) is 0 Å². The molecule has 2 N–H and O–H groups in total. The van der Waals surface area contributed by atoms with Crippen LogP contribution in [0.15, 0.2) is 5.38 Å². The summed E-state index contributed by atoms with van der Waals surface area (Å²) in [5.41, 5.74) is 6.69. The molecule has 1 unspecified atom stereocenters. The second-order valence-electron chi connectivity index (χ2n) is 2.90. The molecule has 1 heterocycles. The second-order valence-corrected chi connectivity index (χ2v) is 3.97. The zero-order valence-corrected chi connectivity index (χ0v) is 7.82. The van der Waals surface area contributed by atoms with Crippen LogP contribution in [0, 0.1) is 12.8 Å². The largest absolute Gasteiger partial charge is 0.330 e. The van der Waals surface area contributed by atoms with Gasteiger partial charge in [-0.3, -0.25) is 0 Å². The van der Waals surface area contributed by atoms with Gasteiger partial charge in [-0.05, 0) is 25.8 Å². The van der Waals surface area contributed by atoms with Crippen molar-refractivity contribution in [1.82, 2.24) is 4.98 Å². The fraction of sp³-hybridized carbons (Fsp3) is 0.625.